The summed E-state index contributed by atoms with van der Waals surface area (Å²) in [5, 5.41) is 2.26. The van der Waals surface area contributed by atoms with Gasteiger partial charge in [-0.25, -0.2) is 9.97 Å². The van der Waals surface area contributed by atoms with Crippen molar-refractivity contribution >= 4 is 10.8 Å². The van der Waals surface area contributed by atoms with E-state index in [0.717, 1.165) is 72.4 Å². The van der Waals surface area contributed by atoms with Crippen LogP contribution in [0.1, 0.15) is 0 Å². The number of nitrogens with zero attached hydrogens (tertiary/aromatic N) is 3. The van der Waals surface area contributed by atoms with Crippen molar-refractivity contribution in [3.63, 3.8) is 0 Å². The summed E-state index contributed by atoms with van der Waals surface area (Å²) in [4.78, 5) is 15.7. The molecule has 0 aliphatic rings. The first-order chi connectivity index (χ1) is 34.6. The molecular weight excluding hydrogens is 847 g/mol. The van der Waals surface area contributed by atoms with E-state index in [1.54, 1.807) is 0 Å². The summed E-state index contributed by atoms with van der Waals surface area (Å²) < 4.78 is 0. The Morgan fingerprint density at radius 2 is 0.486 bits per heavy atom. The van der Waals surface area contributed by atoms with Crippen LogP contribution < -0.4 is 0 Å². The van der Waals surface area contributed by atoms with Gasteiger partial charge in [0.1, 0.15) is 0 Å². The molecule has 0 unspecified atom stereocenters. The molecule has 0 saturated heterocycles. The van der Waals surface area contributed by atoms with E-state index in [1.165, 1.54) is 44.5 Å². The molecule has 0 N–H and O–H groups in total. The molecule has 10 aromatic carbocycles. The fourth-order valence-electron chi connectivity index (χ4n) is 9.42. The second-order valence-electron chi connectivity index (χ2n) is 17.7. The van der Waals surface area contributed by atoms with Crippen LogP contribution in [0.3, 0.4) is 0 Å². The standard InChI is InChI=1S/C67H45N3/c1-5-18-46(19-6-1)58-37-59(47-20-7-2-8-21-47)40-62(39-58)50-28-15-31-54(34-50)65-44-66(70-67(69-65)56-33-17-30-53(36-56)64-43-52-26-13-14-27-57(52)45-68-64)55-32-16-29-51(35-55)63-41-60(48-22-9-3-10-23-48)38-61(42-63)49-24-11-4-12-25-49/h1-45H. The first-order valence-electron chi connectivity index (χ1n) is 23.7. The summed E-state index contributed by atoms with van der Waals surface area (Å²) in [6.45, 7) is 0. The summed E-state index contributed by atoms with van der Waals surface area (Å²) in [6.07, 6.45) is 1.95. The molecular formula is C67H45N3. The van der Waals surface area contributed by atoms with E-state index in [1.807, 2.05) is 12.3 Å². The lowest BCUT2D eigenvalue weighted by Crippen LogP contribution is -1.97. The van der Waals surface area contributed by atoms with E-state index in [0.29, 0.717) is 5.82 Å². The monoisotopic (exact) mass is 891 g/mol. The Morgan fingerprint density at radius 3 is 0.914 bits per heavy atom. The Hall–Kier alpha value is -9.31. The van der Waals surface area contributed by atoms with Gasteiger partial charge in [0, 0.05) is 33.8 Å². The predicted molar refractivity (Wildman–Crippen MR) is 292 cm³/mol. The number of pyridine rings is 1. The number of hydrogen-bond donors (Lipinski definition) is 0. The van der Waals surface area contributed by atoms with Gasteiger partial charge in [-0.05, 0) is 139 Å². The third-order valence-electron chi connectivity index (χ3n) is 13.1. The number of fused-ring (bicyclic) bond motifs is 1. The molecule has 12 aromatic rings. The minimum Gasteiger partial charge on any atom is -0.256 e. The van der Waals surface area contributed by atoms with Gasteiger partial charge in [0.15, 0.2) is 5.82 Å². The molecule has 0 atom stereocenters. The van der Waals surface area contributed by atoms with Crippen molar-refractivity contribution in [1.29, 1.82) is 0 Å². The minimum atomic E-state index is 0.640. The maximum atomic E-state index is 5.39. The molecule has 3 nitrogen and oxygen atoms in total. The van der Waals surface area contributed by atoms with Gasteiger partial charge >= 0.3 is 0 Å². The minimum absolute atomic E-state index is 0.640. The first-order valence-corrected chi connectivity index (χ1v) is 23.7. The average Bonchev–Trinajstić information content (AvgIpc) is 3.45. The maximum absolute atomic E-state index is 5.39. The van der Waals surface area contributed by atoms with Crippen LogP contribution in [-0.4, -0.2) is 15.0 Å². The highest BCUT2D eigenvalue weighted by atomic mass is 14.9. The zero-order valence-electron chi connectivity index (χ0n) is 38.3. The summed E-state index contributed by atoms with van der Waals surface area (Å²) in [6, 6.07) is 94.8. The van der Waals surface area contributed by atoms with Crippen LogP contribution in [0.15, 0.2) is 273 Å². The van der Waals surface area contributed by atoms with Gasteiger partial charge in [0.05, 0.1) is 17.1 Å². The fraction of sp³-hybridized carbons (Fsp3) is 0. The molecule has 0 amide bonds. The molecule has 0 spiro atoms. The van der Waals surface area contributed by atoms with Crippen molar-refractivity contribution in [2.45, 2.75) is 0 Å². The van der Waals surface area contributed by atoms with E-state index in [-0.39, 0.29) is 0 Å². The molecule has 0 bridgehead atoms. The largest absolute Gasteiger partial charge is 0.256 e. The molecule has 12 rings (SSSR count). The topological polar surface area (TPSA) is 38.7 Å². The third kappa shape index (κ3) is 8.83. The van der Waals surface area contributed by atoms with Crippen molar-refractivity contribution in [2.24, 2.45) is 0 Å². The second kappa shape index (κ2) is 18.8. The van der Waals surface area contributed by atoms with Crippen LogP contribution in [0.25, 0.3) is 123 Å². The highest BCUT2D eigenvalue weighted by Crippen LogP contribution is 2.38. The molecule has 328 valence electrons. The van der Waals surface area contributed by atoms with Crippen molar-refractivity contribution in [1.82, 2.24) is 15.0 Å². The van der Waals surface area contributed by atoms with Gasteiger partial charge in [0.25, 0.3) is 0 Å². The molecule has 0 saturated carbocycles. The SMILES string of the molecule is c1ccc(-c2cc(-c3ccccc3)cc(-c3cccc(-c4cc(-c5cccc(-c6cc(-c7ccccc7)cc(-c7ccccc7)c6)c5)nc(-c5cccc(-c6cc7ccccc7cn6)c5)n4)c3)c2)cc1. The zero-order valence-corrected chi connectivity index (χ0v) is 38.3. The molecule has 0 fully saturated rings. The molecule has 0 radical (unpaired) electrons. The van der Waals surface area contributed by atoms with Gasteiger partial charge in [-0.15, -0.1) is 0 Å². The normalized spacial score (nSPS) is 11.1. The predicted octanol–water partition coefficient (Wildman–Crippen LogP) is 17.7. The summed E-state index contributed by atoms with van der Waals surface area (Å²) >= 11 is 0. The summed E-state index contributed by atoms with van der Waals surface area (Å²) in [5.41, 5.74) is 20.3. The highest BCUT2D eigenvalue weighted by Gasteiger charge is 2.16. The van der Waals surface area contributed by atoms with Crippen LogP contribution in [0.5, 0.6) is 0 Å². The average molecular weight is 892 g/mol. The Labute approximate surface area is 408 Å². The Bertz CT molecular complexity index is 3510. The van der Waals surface area contributed by atoms with Crippen LogP contribution in [0, 0.1) is 0 Å². The van der Waals surface area contributed by atoms with E-state index < -0.39 is 0 Å². The lowest BCUT2D eigenvalue weighted by Gasteiger charge is -2.14. The van der Waals surface area contributed by atoms with Gasteiger partial charge in [-0.2, -0.15) is 0 Å². The number of hydrogen-bond acceptors (Lipinski definition) is 3. The molecule has 2 heterocycles. The van der Waals surface area contributed by atoms with Gasteiger partial charge < -0.3 is 0 Å². The molecule has 3 heteroatoms. The fourth-order valence-corrected chi connectivity index (χ4v) is 9.42. The molecule has 0 aliphatic heterocycles. The quantitative estimate of drug-likeness (QED) is 0.137. The van der Waals surface area contributed by atoms with E-state index in [2.05, 4.69) is 261 Å². The van der Waals surface area contributed by atoms with Crippen LogP contribution in [-0.2, 0) is 0 Å². The second-order valence-corrected chi connectivity index (χ2v) is 17.7. The Kier molecular flexibility index (Phi) is 11.3. The van der Waals surface area contributed by atoms with Crippen LogP contribution >= 0.6 is 0 Å². The van der Waals surface area contributed by atoms with Gasteiger partial charge in [-0.1, -0.05) is 200 Å². The zero-order chi connectivity index (χ0) is 46.6. The van der Waals surface area contributed by atoms with Crippen molar-refractivity contribution in [3.05, 3.63) is 273 Å². The van der Waals surface area contributed by atoms with Crippen LogP contribution in [0.2, 0.25) is 0 Å². The lowest BCUT2D eigenvalue weighted by atomic mass is 9.92. The number of rotatable bonds is 10. The Morgan fingerprint density at radius 1 is 0.186 bits per heavy atom. The Balaban J connectivity index is 1.00. The molecule has 0 aliphatic carbocycles. The van der Waals surface area contributed by atoms with Crippen molar-refractivity contribution in [3.8, 4) is 112 Å². The summed E-state index contributed by atoms with van der Waals surface area (Å²) in [7, 11) is 0. The maximum Gasteiger partial charge on any atom is 0.160 e. The van der Waals surface area contributed by atoms with E-state index in [4.69, 9.17) is 15.0 Å². The van der Waals surface area contributed by atoms with Gasteiger partial charge in [0.2, 0.25) is 0 Å². The molecule has 2 aromatic heterocycles. The number of benzene rings is 10. The van der Waals surface area contributed by atoms with Gasteiger partial charge in [-0.3, -0.25) is 4.98 Å². The summed E-state index contributed by atoms with van der Waals surface area (Å²) in [5.74, 6) is 0.640. The smallest absolute Gasteiger partial charge is 0.160 e. The van der Waals surface area contributed by atoms with Crippen LogP contribution in [0.4, 0.5) is 0 Å². The van der Waals surface area contributed by atoms with E-state index >= 15 is 0 Å². The third-order valence-corrected chi connectivity index (χ3v) is 13.1. The highest BCUT2D eigenvalue weighted by molar-refractivity contribution is 5.88. The van der Waals surface area contributed by atoms with E-state index in [9.17, 15) is 0 Å². The lowest BCUT2D eigenvalue weighted by molar-refractivity contribution is 1.18. The van der Waals surface area contributed by atoms with Crippen molar-refractivity contribution in [2.75, 3.05) is 0 Å². The number of aromatic nitrogens is 3. The van der Waals surface area contributed by atoms with Crippen molar-refractivity contribution < 1.29 is 0 Å². The first kappa shape index (κ1) is 42.1. The molecule has 70 heavy (non-hydrogen) atoms.